The van der Waals surface area contributed by atoms with E-state index in [4.69, 9.17) is 4.11 Å². The van der Waals surface area contributed by atoms with Crippen LogP contribution in [-0.2, 0) is 0 Å². The first kappa shape index (κ1) is 4.34. The zero-order valence-electron chi connectivity index (χ0n) is 7.90. The van der Waals surface area contributed by atoms with Gasteiger partial charge in [0.25, 0.3) is 0 Å². The molecule has 3 heteroatoms. The zero-order chi connectivity index (χ0) is 10.1. The predicted molar refractivity (Wildman–Crippen MR) is 40.7 cm³/mol. The molecule has 1 aromatic rings. The summed E-state index contributed by atoms with van der Waals surface area (Å²) < 4.78 is 37.9. The molecule has 1 nitrogen and oxygen atoms in total. The number of ether oxygens (including phenoxy) is 1. The minimum Gasteiger partial charge on any atom is -0.496 e. The van der Waals surface area contributed by atoms with Gasteiger partial charge in [-0.3, -0.25) is 0 Å². The molecule has 1 aromatic carbocycles. The van der Waals surface area contributed by atoms with Crippen LogP contribution in [0.4, 0.5) is 4.39 Å². The molecule has 0 fully saturated rings. The standard InChI is InChI=1S/C7H6BrFO/c1-10-7-3-2-5(9)4-6(7)8/h2-4H,1H3/i1T3. The molecule has 0 aliphatic carbocycles. The van der Waals surface area contributed by atoms with Crippen LogP contribution < -0.4 is 4.74 Å². The van der Waals surface area contributed by atoms with E-state index >= 15 is 0 Å². The van der Waals surface area contributed by atoms with Gasteiger partial charge in [0.2, 0.25) is 0 Å². The van der Waals surface area contributed by atoms with Gasteiger partial charge in [0.15, 0.2) is 0 Å². The molecule has 0 bridgehead atoms. The summed E-state index contributed by atoms with van der Waals surface area (Å²) >= 11 is 2.98. The first-order valence-electron chi connectivity index (χ1n) is 4.02. The molecule has 0 spiro atoms. The molecule has 0 radical (unpaired) electrons. The Balaban J connectivity index is 2.90. The van der Waals surface area contributed by atoms with Crippen molar-refractivity contribution < 1.29 is 13.2 Å². The molecule has 10 heavy (non-hydrogen) atoms. The molecule has 0 unspecified atom stereocenters. The second-order valence-electron chi connectivity index (χ2n) is 1.68. The Morgan fingerprint density at radius 1 is 1.70 bits per heavy atom. The lowest BCUT2D eigenvalue weighted by Gasteiger charge is -2.00. The third-order valence-corrected chi connectivity index (χ3v) is 1.62. The van der Waals surface area contributed by atoms with Crippen molar-refractivity contribution in [2.75, 3.05) is 7.04 Å². The molecule has 0 saturated carbocycles. The van der Waals surface area contributed by atoms with Gasteiger partial charge in [0.05, 0.1) is 15.6 Å². The van der Waals surface area contributed by atoms with Gasteiger partial charge < -0.3 is 4.74 Å². The van der Waals surface area contributed by atoms with Gasteiger partial charge in [-0.05, 0) is 34.1 Å². The van der Waals surface area contributed by atoms with Gasteiger partial charge in [-0.25, -0.2) is 4.39 Å². The fraction of sp³-hybridized carbons (Fsp3) is 0.143. The van der Waals surface area contributed by atoms with Crippen molar-refractivity contribution in [2.45, 2.75) is 0 Å². The van der Waals surface area contributed by atoms with E-state index in [1.165, 1.54) is 6.07 Å². The predicted octanol–water partition coefficient (Wildman–Crippen LogP) is 2.60. The van der Waals surface area contributed by atoms with Gasteiger partial charge in [-0.2, -0.15) is 0 Å². The lowest BCUT2D eigenvalue weighted by molar-refractivity contribution is 0.411. The first-order valence-corrected chi connectivity index (χ1v) is 3.32. The van der Waals surface area contributed by atoms with E-state index in [1.54, 1.807) is 0 Å². The average molecular weight is 211 g/mol. The summed E-state index contributed by atoms with van der Waals surface area (Å²) in [5.41, 5.74) is 0. The second-order valence-corrected chi connectivity index (χ2v) is 2.53. The summed E-state index contributed by atoms with van der Waals surface area (Å²) in [6.07, 6.45) is 0. The fourth-order valence-corrected chi connectivity index (χ4v) is 0.990. The van der Waals surface area contributed by atoms with Gasteiger partial charge >= 0.3 is 0 Å². The lowest BCUT2D eigenvalue weighted by Crippen LogP contribution is -1.84. The SMILES string of the molecule is [3H]C([3H])([3H])Oc1ccc(F)cc1Br. The zero-order valence-corrected chi connectivity index (χ0v) is 6.48. The van der Waals surface area contributed by atoms with Crippen LogP contribution >= 0.6 is 15.9 Å². The normalized spacial score (nSPS) is 15.2. The van der Waals surface area contributed by atoms with Crippen molar-refractivity contribution in [1.82, 2.24) is 0 Å². The number of methoxy groups -OCH3 is 1. The van der Waals surface area contributed by atoms with E-state index in [9.17, 15) is 4.39 Å². The van der Waals surface area contributed by atoms with E-state index in [1.807, 2.05) is 0 Å². The van der Waals surface area contributed by atoms with Gasteiger partial charge in [0.1, 0.15) is 11.6 Å². The van der Waals surface area contributed by atoms with Crippen LogP contribution in [0.1, 0.15) is 4.11 Å². The molecule has 0 aliphatic rings. The Kier molecular flexibility index (Phi) is 1.31. The monoisotopic (exact) mass is 210 g/mol. The Labute approximate surface area is 71.2 Å². The number of halogens is 2. The van der Waals surface area contributed by atoms with Crippen molar-refractivity contribution in [3.8, 4) is 5.75 Å². The van der Waals surface area contributed by atoms with E-state index in [0.29, 0.717) is 0 Å². The van der Waals surface area contributed by atoms with Crippen molar-refractivity contribution in [1.29, 1.82) is 0 Å². The summed E-state index contributed by atoms with van der Waals surface area (Å²) in [7, 11) is -2.51. The summed E-state index contributed by atoms with van der Waals surface area (Å²) in [4.78, 5) is 0. The Morgan fingerprint density at radius 3 is 3.10 bits per heavy atom. The minimum absolute atomic E-state index is 0.0985. The Bertz CT molecular complexity index is 313. The maximum atomic E-state index is 12.6. The van der Waals surface area contributed by atoms with Crippen LogP contribution in [0.3, 0.4) is 0 Å². The highest BCUT2D eigenvalue weighted by atomic mass is 79.9. The van der Waals surface area contributed by atoms with Gasteiger partial charge in [0, 0.05) is 0 Å². The van der Waals surface area contributed by atoms with Crippen LogP contribution in [-0.4, -0.2) is 7.04 Å². The van der Waals surface area contributed by atoms with Gasteiger partial charge in [-0.15, -0.1) is 0 Å². The highest BCUT2D eigenvalue weighted by molar-refractivity contribution is 9.10. The molecular formula is C7H6BrFO. The Morgan fingerprint density at radius 2 is 2.50 bits per heavy atom. The number of hydrogen-bond acceptors (Lipinski definition) is 1. The lowest BCUT2D eigenvalue weighted by atomic mass is 10.3. The third kappa shape index (κ3) is 1.48. The highest BCUT2D eigenvalue weighted by Crippen LogP contribution is 2.24. The minimum atomic E-state index is -2.51. The molecule has 0 heterocycles. The molecule has 0 N–H and O–H groups in total. The maximum Gasteiger partial charge on any atom is 0.133 e. The van der Waals surface area contributed by atoms with E-state index in [-0.39, 0.29) is 10.2 Å². The molecular weight excluding hydrogens is 199 g/mol. The largest absolute Gasteiger partial charge is 0.496 e. The van der Waals surface area contributed by atoms with Crippen LogP contribution in [0, 0.1) is 5.82 Å². The summed E-state index contributed by atoms with van der Waals surface area (Å²) in [5, 5.41) is 0. The van der Waals surface area contributed by atoms with Crippen LogP contribution in [0.2, 0.25) is 0 Å². The topological polar surface area (TPSA) is 9.23 Å². The quantitative estimate of drug-likeness (QED) is 0.693. The summed E-state index contributed by atoms with van der Waals surface area (Å²) in [6, 6.07) is 3.53. The number of benzene rings is 1. The smallest absolute Gasteiger partial charge is 0.133 e. The van der Waals surface area contributed by atoms with Crippen LogP contribution in [0.5, 0.6) is 5.75 Å². The van der Waals surface area contributed by atoms with Crippen molar-refractivity contribution in [2.24, 2.45) is 0 Å². The van der Waals surface area contributed by atoms with Crippen LogP contribution in [0.15, 0.2) is 22.7 Å². The summed E-state index contributed by atoms with van der Waals surface area (Å²) in [6.45, 7) is 0. The van der Waals surface area contributed by atoms with E-state index in [2.05, 4.69) is 20.7 Å². The number of rotatable bonds is 1. The highest BCUT2D eigenvalue weighted by Gasteiger charge is 1.98. The molecule has 0 saturated heterocycles. The van der Waals surface area contributed by atoms with E-state index < -0.39 is 12.9 Å². The van der Waals surface area contributed by atoms with E-state index in [0.717, 1.165) is 12.1 Å². The average Bonchev–Trinajstić information content (AvgIpc) is 1.93. The molecule has 54 valence electrons. The van der Waals surface area contributed by atoms with Crippen LogP contribution in [0.25, 0.3) is 0 Å². The van der Waals surface area contributed by atoms with Crippen molar-refractivity contribution >= 4 is 15.9 Å². The molecule has 0 aromatic heterocycles. The van der Waals surface area contributed by atoms with Crippen molar-refractivity contribution in [3.63, 3.8) is 0 Å². The summed E-state index contributed by atoms with van der Waals surface area (Å²) in [5.74, 6) is -0.355. The molecule has 0 amide bonds. The molecule has 0 atom stereocenters. The fourth-order valence-electron chi connectivity index (χ4n) is 0.558. The maximum absolute atomic E-state index is 12.6. The molecule has 0 aliphatic heterocycles. The van der Waals surface area contributed by atoms with Gasteiger partial charge in [-0.1, -0.05) is 0 Å². The number of hydrogen-bond donors (Lipinski definition) is 0. The first-order chi connectivity index (χ1) is 5.88. The second kappa shape index (κ2) is 3.01. The third-order valence-electron chi connectivity index (χ3n) is 1.00. The van der Waals surface area contributed by atoms with Crippen molar-refractivity contribution in [3.05, 3.63) is 28.5 Å². The molecule has 1 rings (SSSR count). The Hall–Kier alpha value is -0.570.